The van der Waals surface area contributed by atoms with Crippen LogP contribution in [0, 0.1) is 5.92 Å². The van der Waals surface area contributed by atoms with Crippen molar-refractivity contribution in [2.24, 2.45) is 5.92 Å². The second-order valence-electron chi connectivity index (χ2n) is 6.56. The van der Waals surface area contributed by atoms with E-state index < -0.39 is 0 Å². The maximum atomic E-state index is 5.74. The fraction of sp³-hybridized carbons (Fsp3) is 0.647. The molecule has 3 nitrogen and oxygen atoms in total. The first-order chi connectivity index (χ1) is 9.55. The van der Waals surface area contributed by atoms with Gasteiger partial charge >= 0.3 is 0 Å². The Morgan fingerprint density at radius 1 is 1.25 bits per heavy atom. The number of benzene rings is 1. The van der Waals surface area contributed by atoms with Gasteiger partial charge in [0.25, 0.3) is 0 Å². The molecule has 2 rings (SSSR count). The summed E-state index contributed by atoms with van der Waals surface area (Å²) in [7, 11) is 0. The van der Waals surface area contributed by atoms with E-state index in [-0.39, 0.29) is 5.41 Å². The fourth-order valence-electron chi connectivity index (χ4n) is 2.34. The van der Waals surface area contributed by atoms with Crippen LogP contribution in [0.15, 0.2) is 24.3 Å². The van der Waals surface area contributed by atoms with Crippen LogP contribution in [0.25, 0.3) is 0 Å². The Hall–Kier alpha value is -1.06. The summed E-state index contributed by atoms with van der Waals surface area (Å²) in [6.45, 7) is 11.1. The molecule has 1 N–H and O–H groups in total. The molecule has 1 saturated heterocycles. The van der Waals surface area contributed by atoms with E-state index in [9.17, 15) is 0 Å². The first-order valence-corrected chi connectivity index (χ1v) is 7.57. The minimum absolute atomic E-state index is 0.198. The Bertz CT molecular complexity index is 388. The first kappa shape index (κ1) is 15.3. The molecule has 0 saturated carbocycles. The first-order valence-electron chi connectivity index (χ1n) is 7.57. The van der Waals surface area contributed by atoms with Crippen LogP contribution >= 0.6 is 0 Å². The van der Waals surface area contributed by atoms with Crippen LogP contribution < -0.4 is 10.1 Å². The molecule has 0 radical (unpaired) electrons. The van der Waals surface area contributed by atoms with Crippen LogP contribution in [0.2, 0.25) is 0 Å². The van der Waals surface area contributed by atoms with Gasteiger partial charge in [0.05, 0.1) is 6.61 Å². The summed E-state index contributed by atoms with van der Waals surface area (Å²) in [5.41, 5.74) is 1.54. The molecule has 0 bridgehead atoms. The van der Waals surface area contributed by atoms with E-state index in [0.717, 1.165) is 32.1 Å². The van der Waals surface area contributed by atoms with Gasteiger partial charge < -0.3 is 14.8 Å². The molecule has 0 aliphatic carbocycles. The highest BCUT2D eigenvalue weighted by molar-refractivity contribution is 5.31. The number of hydrogen-bond acceptors (Lipinski definition) is 3. The summed E-state index contributed by atoms with van der Waals surface area (Å²) in [6.07, 6.45) is 1.18. The van der Waals surface area contributed by atoms with Crippen LogP contribution in [0.3, 0.4) is 0 Å². The van der Waals surface area contributed by atoms with Crippen molar-refractivity contribution < 1.29 is 9.47 Å². The van der Waals surface area contributed by atoms with Gasteiger partial charge in [0.15, 0.2) is 0 Å². The van der Waals surface area contributed by atoms with Crippen molar-refractivity contribution >= 4 is 0 Å². The molecule has 1 heterocycles. The molecule has 1 aromatic carbocycles. The predicted octanol–water partition coefficient (Wildman–Crippen LogP) is 2.99. The molecule has 20 heavy (non-hydrogen) atoms. The maximum absolute atomic E-state index is 5.74. The molecule has 0 aromatic heterocycles. The smallest absolute Gasteiger partial charge is 0.119 e. The van der Waals surface area contributed by atoms with E-state index in [1.165, 1.54) is 12.0 Å². The predicted molar refractivity (Wildman–Crippen MR) is 82.4 cm³/mol. The van der Waals surface area contributed by atoms with E-state index in [2.05, 4.69) is 50.4 Å². The van der Waals surface area contributed by atoms with Crippen LogP contribution in [-0.4, -0.2) is 32.9 Å². The Kier molecular flexibility index (Phi) is 5.44. The lowest BCUT2D eigenvalue weighted by atomic mass is 9.87. The lowest BCUT2D eigenvalue weighted by molar-refractivity contribution is 0.185. The van der Waals surface area contributed by atoms with Gasteiger partial charge in [0, 0.05) is 19.7 Å². The van der Waals surface area contributed by atoms with Gasteiger partial charge in [-0.2, -0.15) is 0 Å². The number of ether oxygens (including phenoxy) is 2. The van der Waals surface area contributed by atoms with E-state index in [4.69, 9.17) is 9.47 Å². The Labute approximate surface area is 122 Å². The van der Waals surface area contributed by atoms with E-state index >= 15 is 0 Å². The van der Waals surface area contributed by atoms with Crippen molar-refractivity contribution in [2.45, 2.75) is 32.6 Å². The van der Waals surface area contributed by atoms with Gasteiger partial charge in [0.2, 0.25) is 0 Å². The van der Waals surface area contributed by atoms with Gasteiger partial charge in [-0.1, -0.05) is 32.9 Å². The summed E-state index contributed by atoms with van der Waals surface area (Å²) >= 11 is 0. The molecule has 0 spiro atoms. The molecule has 3 heteroatoms. The molecule has 1 aliphatic rings. The van der Waals surface area contributed by atoms with Gasteiger partial charge in [-0.25, -0.2) is 0 Å². The summed E-state index contributed by atoms with van der Waals surface area (Å²) in [5.74, 6) is 1.63. The average molecular weight is 277 g/mol. The van der Waals surface area contributed by atoms with Crippen LogP contribution in [0.5, 0.6) is 5.75 Å². The van der Waals surface area contributed by atoms with Crippen molar-refractivity contribution in [3.05, 3.63) is 29.8 Å². The average Bonchev–Trinajstić information content (AvgIpc) is 2.91. The highest BCUT2D eigenvalue weighted by Gasteiger charge is 2.14. The zero-order valence-corrected chi connectivity index (χ0v) is 12.9. The lowest BCUT2D eigenvalue weighted by Gasteiger charge is -2.19. The van der Waals surface area contributed by atoms with Gasteiger partial charge in [0.1, 0.15) is 12.4 Å². The van der Waals surface area contributed by atoms with Crippen molar-refractivity contribution in [1.29, 1.82) is 0 Å². The molecule has 1 unspecified atom stereocenters. The second-order valence-corrected chi connectivity index (χ2v) is 6.56. The fourth-order valence-corrected chi connectivity index (χ4v) is 2.34. The van der Waals surface area contributed by atoms with Crippen LogP contribution in [-0.2, 0) is 10.2 Å². The molecule has 112 valence electrons. The van der Waals surface area contributed by atoms with E-state index in [0.29, 0.717) is 12.5 Å². The summed E-state index contributed by atoms with van der Waals surface area (Å²) in [5, 5.41) is 3.43. The third kappa shape index (κ3) is 4.80. The van der Waals surface area contributed by atoms with Gasteiger partial charge in [-0.05, 0) is 35.4 Å². The SMILES string of the molecule is CC(C)(C)c1ccc(OCCNCC2CCOC2)cc1. The molecule has 1 aliphatic heterocycles. The number of nitrogens with one attached hydrogen (secondary N) is 1. The Balaban J connectivity index is 1.64. The lowest BCUT2D eigenvalue weighted by Crippen LogP contribution is -2.27. The highest BCUT2D eigenvalue weighted by atomic mass is 16.5. The van der Waals surface area contributed by atoms with Gasteiger partial charge in [-0.15, -0.1) is 0 Å². The Morgan fingerprint density at radius 3 is 2.60 bits per heavy atom. The normalized spacial score (nSPS) is 19.2. The molecule has 1 aromatic rings. The molecule has 1 atom stereocenters. The molecule has 0 amide bonds. The quantitative estimate of drug-likeness (QED) is 0.811. The highest BCUT2D eigenvalue weighted by Crippen LogP contribution is 2.24. The molecular weight excluding hydrogens is 250 g/mol. The second kappa shape index (κ2) is 7.09. The number of rotatable bonds is 6. The summed E-state index contributed by atoms with van der Waals surface area (Å²) in [4.78, 5) is 0. The summed E-state index contributed by atoms with van der Waals surface area (Å²) in [6, 6.07) is 8.42. The zero-order valence-electron chi connectivity index (χ0n) is 12.9. The minimum Gasteiger partial charge on any atom is -0.492 e. The monoisotopic (exact) mass is 277 g/mol. The minimum atomic E-state index is 0.198. The molecule has 1 fully saturated rings. The van der Waals surface area contributed by atoms with E-state index in [1.807, 2.05) is 0 Å². The largest absolute Gasteiger partial charge is 0.492 e. The Morgan fingerprint density at radius 2 is 2.00 bits per heavy atom. The topological polar surface area (TPSA) is 30.5 Å². The third-order valence-electron chi connectivity index (χ3n) is 3.72. The van der Waals surface area contributed by atoms with Crippen molar-refractivity contribution in [3.8, 4) is 5.75 Å². The van der Waals surface area contributed by atoms with Crippen molar-refractivity contribution in [1.82, 2.24) is 5.32 Å². The summed E-state index contributed by atoms with van der Waals surface area (Å²) < 4.78 is 11.1. The third-order valence-corrected chi connectivity index (χ3v) is 3.72. The van der Waals surface area contributed by atoms with Gasteiger partial charge in [-0.3, -0.25) is 0 Å². The molecular formula is C17H27NO2. The standard InChI is InChI=1S/C17H27NO2/c1-17(2,3)15-4-6-16(7-5-15)20-11-9-18-12-14-8-10-19-13-14/h4-7,14,18H,8-13H2,1-3H3. The number of hydrogen-bond donors (Lipinski definition) is 1. The maximum Gasteiger partial charge on any atom is 0.119 e. The zero-order chi connectivity index (χ0) is 14.4. The van der Waals surface area contributed by atoms with Crippen molar-refractivity contribution in [3.63, 3.8) is 0 Å². The van der Waals surface area contributed by atoms with Crippen molar-refractivity contribution in [2.75, 3.05) is 32.9 Å². The van der Waals surface area contributed by atoms with E-state index in [1.54, 1.807) is 0 Å². The van der Waals surface area contributed by atoms with Crippen LogP contribution in [0.4, 0.5) is 0 Å². The van der Waals surface area contributed by atoms with Crippen LogP contribution in [0.1, 0.15) is 32.8 Å².